The SMILES string of the molecule is COc1cc2c(cc1NC(=O)COC(=O)C=C(C)C)oc1ccccc12. The van der Waals surface area contributed by atoms with E-state index < -0.39 is 11.9 Å². The van der Waals surface area contributed by atoms with Crippen LogP contribution in [-0.4, -0.2) is 25.6 Å². The Kier molecular flexibility index (Phi) is 4.93. The fourth-order valence-corrected chi connectivity index (χ4v) is 2.62. The van der Waals surface area contributed by atoms with E-state index in [4.69, 9.17) is 13.9 Å². The molecular weight excluding hydrogens is 334 g/mol. The quantitative estimate of drug-likeness (QED) is 0.553. The minimum atomic E-state index is -0.556. The van der Waals surface area contributed by atoms with Crippen molar-refractivity contribution in [2.45, 2.75) is 13.8 Å². The summed E-state index contributed by atoms with van der Waals surface area (Å²) in [5.41, 5.74) is 2.63. The molecule has 0 bridgehead atoms. The number of para-hydroxylation sites is 1. The van der Waals surface area contributed by atoms with Gasteiger partial charge >= 0.3 is 5.97 Å². The highest BCUT2D eigenvalue weighted by molar-refractivity contribution is 6.07. The van der Waals surface area contributed by atoms with E-state index in [-0.39, 0.29) is 6.61 Å². The number of carbonyl (C=O) groups excluding carboxylic acids is 2. The third kappa shape index (κ3) is 3.69. The summed E-state index contributed by atoms with van der Waals surface area (Å²) in [7, 11) is 1.52. The van der Waals surface area contributed by atoms with Crippen LogP contribution >= 0.6 is 0 Å². The first-order chi connectivity index (χ1) is 12.5. The highest BCUT2D eigenvalue weighted by Gasteiger charge is 2.14. The van der Waals surface area contributed by atoms with Crippen molar-refractivity contribution in [3.63, 3.8) is 0 Å². The largest absolute Gasteiger partial charge is 0.495 e. The second kappa shape index (κ2) is 7.31. The van der Waals surface area contributed by atoms with E-state index in [1.165, 1.54) is 13.2 Å². The van der Waals surface area contributed by atoms with E-state index in [1.807, 2.05) is 30.3 Å². The Hall–Kier alpha value is -3.28. The molecule has 0 aliphatic carbocycles. The number of nitrogens with one attached hydrogen (secondary N) is 1. The van der Waals surface area contributed by atoms with Gasteiger partial charge in [-0.1, -0.05) is 23.8 Å². The lowest BCUT2D eigenvalue weighted by Gasteiger charge is -2.10. The maximum atomic E-state index is 12.1. The summed E-state index contributed by atoms with van der Waals surface area (Å²) < 4.78 is 16.1. The van der Waals surface area contributed by atoms with Gasteiger partial charge in [0.15, 0.2) is 6.61 Å². The van der Waals surface area contributed by atoms with E-state index in [0.29, 0.717) is 17.0 Å². The van der Waals surface area contributed by atoms with Crippen molar-refractivity contribution < 1.29 is 23.5 Å². The fourth-order valence-electron chi connectivity index (χ4n) is 2.62. The van der Waals surface area contributed by atoms with Gasteiger partial charge in [0.2, 0.25) is 0 Å². The Morgan fingerprint density at radius 3 is 2.62 bits per heavy atom. The van der Waals surface area contributed by atoms with Gasteiger partial charge in [0.05, 0.1) is 12.8 Å². The van der Waals surface area contributed by atoms with Crippen LogP contribution in [0.5, 0.6) is 5.75 Å². The molecule has 0 atom stereocenters. The smallest absolute Gasteiger partial charge is 0.331 e. The zero-order valence-corrected chi connectivity index (χ0v) is 14.8. The van der Waals surface area contributed by atoms with Crippen LogP contribution in [0.25, 0.3) is 21.9 Å². The minimum Gasteiger partial charge on any atom is -0.495 e. The number of allylic oxidation sites excluding steroid dienone is 1. The summed E-state index contributed by atoms with van der Waals surface area (Å²) in [6, 6.07) is 11.2. The standard InChI is InChI=1S/C20H19NO5/c1-12(2)8-20(23)25-11-19(22)21-15-10-17-14(9-18(15)24-3)13-6-4-5-7-16(13)26-17/h4-10H,11H2,1-3H3,(H,21,22). The number of anilines is 1. The number of ether oxygens (including phenoxy) is 2. The fraction of sp³-hybridized carbons (Fsp3) is 0.200. The lowest BCUT2D eigenvalue weighted by atomic mass is 10.1. The molecule has 0 aliphatic rings. The molecule has 1 N–H and O–H groups in total. The number of amides is 1. The Bertz CT molecular complexity index is 1010. The molecule has 0 spiro atoms. The summed E-state index contributed by atoms with van der Waals surface area (Å²) in [5, 5.41) is 4.55. The van der Waals surface area contributed by atoms with E-state index in [9.17, 15) is 9.59 Å². The predicted molar refractivity (Wildman–Crippen MR) is 99.3 cm³/mol. The molecule has 6 heteroatoms. The highest BCUT2D eigenvalue weighted by Crippen LogP contribution is 2.36. The molecular formula is C20H19NO5. The molecule has 0 unspecified atom stereocenters. The number of fused-ring (bicyclic) bond motifs is 3. The number of hydrogen-bond acceptors (Lipinski definition) is 5. The Morgan fingerprint density at radius 1 is 1.12 bits per heavy atom. The lowest BCUT2D eigenvalue weighted by Crippen LogP contribution is -2.20. The first kappa shape index (κ1) is 17.5. The zero-order chi connectivity index (χ0) is 18.7. The maximum Gasteiger partial charge on any atom is 0.331 e. The number of rotatable bonds is 5. The second-order valence-corrected chi connectivity index (χ2v) is 6.02. The number of hydrogen-bond donors (Lipinski definition) is 1. The third-order valence-electron chi connectivity index (χ3n) is 3.72. The number of carbonyl (C=O) groups is 2. The second-order valence-electron chi connectivity index (χ2n) is 6.02. The van der Waals surface area contributed by atoms with E-state index in [1.54, 1.807) is 19.9 Å². The van der Waals surface area contributed by atoms with Crippen LogP contribution in [0.3, 0.4) is 0 Å². The van der Waals surface area contributed by atoms with E-state index >= 15 is 0 Å². The number of esters is 1. The van der Waals surface area contributed by atoms with Crippen LogP contribution in [0.4, 0.5) is 5.69 Å². The summed E-state index contributed by atoms with van der Waals surface area (Å²) in [6.45, 7) is 3.16. The van der Waals surface area contributed by atoms with Gasteiger partial charge in [0.1, 0.15) is 16.9 Å². The van der Waals surface area contributed by atoms with Gasteiger partial charge in [-0.25, -0.2) is 4.79 Å². The zero-order valence-electron chi connectivity index (χ0n) is 14.8. The Morgan fingerprint density at radius 2 is 1.88 bits per heavy atom. The summed E-state index contributed by atoms with van der Waals surface area (Å²) in [5.74, 6) is -0.526. The predicted octanol–water partition coefficient (Wildman–Crippen LogP) is 4.04. The van der Waals surface area contributed by atoms with Crippen LogP contribution < -0.4 is 10.1 Å². The van der Waals surface area contributed by atoms with Gasteiger partial charge in [-0.15, -0.1) is 0 Å². The van der Waals surface area contributed by atoms with Gasteiger partial charge in [-0.3, -0.25) is 4.79 Å². The van der Waals surface area contributed by atoms with Crippen molar-refractivity contribution in [3.8, 4) is 5.75 Å². The Labute approximate surface area is 150 Å². The number of benzene rings is 2. The average molecular weight is 353 g/mol. The molecule has 1 amide bonds. The van der Waals surface area contributed by atoms with Crippen molar-refractivity contribution in [3.05, 3.63) is 48.0 Å². The topological polar surface area (TPSA) is 77.8 Å². The third-order valence-corrected chi connectivity index (χ3v) is 3.72. The summed E-state index contributed by atoms with van der Waals surface area (Å²) >= 11 is 0. The minimum absolute atomic E-state index is 0.385. The van der Waals surface area contributed by atoms with Gasteiger partial charge in [0.25, 0.3) is 5.91 Å². The molecule has 0 radical (unpaired) electrons. The molecule has 26 heavy (non-hydrogen) atoms. The molecule has 3 aromatic rings. The number of methoxy groups -OCH3 is 1. The Balaban J connectivity index is 1.83. The van der Waals surface area contributed by atoms with Crippen molar-refractivity contribution in [2.75, 3.05) is 19.0 Å². The molecule has 0 saturated heterocycles. The van der Waals surface area contributed by atoms with Crippen LogP contribution in [0.15, 0.2) is 52.5 Å². The van der Waals surface area contributed by atoms with Crippen LogP contribution in [0, 0.1) is 0 Å². The van der Waals surface area contributed by atoms with Gasteiger partial charge in [-0.2, -0.15) is 0 Å². The normalized spacial score (nSPS) is 10.6. The molecule has 0 aliphatic heterocycles. The first-order valence-electron chi connectivity index (χ1n) is 8.08. The lowest BCUT2D eigenvalue weighted by molar-refractivity contribution is -0.142. The summed E-state index contributed by atoms with van der Waals surface area (Å²) in [4.78, 5) is 23.6. The molecule has 3 rings (SSSR count). The van der Waals surface area contributed by atoms with Crippen LogP contribution in [0.1, 0.15) is 13.8 Å². The van der Waals surface area contributed by atoms with Crippen molar-refractivity contribution in [1.82, 2.24) is 0 Å². The van der Waals surface area contributed by atoms with Crippen molar-refractivity contribution in [2.24, 2.45) is 0 Å². The van der Waals surface area contributed by atoms with Gasteiger partial charge < -0.3 is 19.2 Å². The monoisotopic (exact) mass is 353 g/mol. The van der Waals surface area contributed by atoms with Crippen LogP contribution in [0.2, 0.25) is 0 Å². The molecule has 1 aromatic heterocycles. The highest BCUT2D eigenvalue weighted by atomic mass is 16.5. The molecule has 0 fully saturated rings. The molecule has 2 aromatic carbocycles. The molecule has 1 heterocycles. The van der Waals surface area contributed by atoms with Gasteiger partial charge in [0, 0.05) is 22.9 Å². The van der Waals surface area contributed by atoms with Crippen molar-refractivity contribution in [1.29, 1.82) is 0 Å². The number of furan rings is 1. The van der Waals surface area contributed by atoms with E-state index in [2.05, 4.69) is 5.32 Å². The summed E-state index contributed by atoms with van der Waals surface area (Å²) in [6.07, 6.45) is 1.33. The first-order valence-corrected chi connectivity index (χ1v) is 8.08. The van der Waals surface area contributed by atoms with Crippen LogP contribution in [-0.2, 0) is 14.3 Å². The molecule has 6 nitrogen and oxygen atoms in total. The van der Waals surface area contributed by atoms with Gasteiger partial charge in [-0.05, 0) is 26.0 Å². The van der Waals surface area contributed by atoms with E-state index in [0.717, 1.165) is 21.9 Å². The molecule has 134 valence electrons. The maximum absolute atomic E-state index is 12.1. The van der Waals surface area contributed by atoms with Crippen molar-refractivity contribution >= 4 is 39.5 Å². The molecule has 0 saturated carbocycles. The average Bonchev–Trinajstić information content (AvgIpc) is 2.96.